The van der Waals surface area contributed by atoms with E-state index in [-0.39, 0.29) is 5.91 Å². The number of carbonyl (C=O) groups is 1. The van der Waals surface area contributed by atoms with Crippen molar-refractivity contribution in [2.45, 2.75) is 13.0 Å². The minimum Gasteiger partial charge on any atom is -0.389 e. The highest BCUT2D eigenvalue weighted by atomic mass is 16.3. The molecule has 0 aliphatic carbocycles. The first-order valence-electron chi connectivity index (χ1n) is 5.18. The van der Waals surface area contributed by atoms with E-state index in [9.17, 15) is 9.90 Å². The summed E-state index contributed by atoms with van der Waals surface area (Å²) in [7, 11) is 0. The number of hydrogen-bond donors (Lipinski definition) is 3. The normalized spacial score (nSPS) is 16.6. The Kier molecular flexibility index (Phi) is 2.92. The third-order valence-corrected chi connectivity index (χ3v) is 2.43. The number of nitrogens with one attached hydrogen (secondary N) is 2. The highest BCUT2D eigenvalue weighted by molar-refractivity contribution is 5.91. The Morgan fingerprint density at radius 3 is 2.94 bits per heavy atom. The second kappa shape index (κ2) is 4.37. The summed E-state index contributed by atoms with van der Waals surface area (Å²) in [5.74, 6) is -0.0748. The fraction of sp³-hybridized carbons (Fsp3) is 0.250. The molecule has 2 rings (SSSR count). The summed E-state index contributed by atoms with van der Waals surface area (Å²) in [5, 5.41) is 15.3. The SMILES string of the molecule is CC(O)c1cccc(NC2=CC(=O)NC2)c1. The van der Waals surface area contributed by atoms with Crippen LogP contribution in [0.3, 0.4) is 0 Å². The van der Waals surface area contributed by atoms with Crippen LogP contribution in [0.5, 0.6) is 0 Å². The second-order valence-electron chi connectivity index (χ2n) is 3.81. The average Bonchev–Trinajstić information content (AvgIpc) is 2.64. The van der Waals surface area contributed by atoms with Crippen LogP contribution in [0, 0.1) is 0 Å². The first-order valence-corrected chi connectivity index (χ1v) is 5.18. The van der Waals surface area contributed by atoms with Crippen molar-refractivity contribution in [3.05, 3.63) is 41.6 Å². The third kappa shape index (κ3) is 2.41. The van der Waals surface area contributed by atoms with Gasteiger partial charge in [0.25, 0.3) is 0 Å². The molecule has 1 aliphatic heterocycles. The zero-order chi connectivity index (χ0) is 11.5. The van der Waals surface area contributed by atoms with Gasteiger partial charge in [0.15, 0.2) is 0 Å². The summed E-state index contributed by atoms with van der Waals surface area (Å²) < 4.78 is 0. The van der Waals surface area contributed by atoms with Crippen LogP contribution >= 0.6 is 0 Å². The molecule has 1 heterocycles. The van der Waals surface area contributed by atoms with Gasteiger partial charge in [-0.15, -0.1) is 0 Å². The van der Waals surface area contributed by atoms with Gasteiger partial charge in [-0.1, -0.05) is 12.1 Å². The topological polar surface area (TPSA) is 61.4 Å². The molecule has 1 aromatic rings. The Bertz CT molecular complexity index is 438. The van der Waals surface area contributed by atoms with Gasteiger partial charge < -0.3 is 15.7 Å². The zero-order valence-corrected chi connectivity index (χ0v) is 9.03. The number of hydrogen-bond acceptors (Lipinski definition) is 3. The lowest BCUT2D eigenvalue weighted by atomic mass is 10.1. The molecule has 0 bridgehead atoms. The number of aliphatic hydroxyl groups is 1. The van der Waals surface area contributed by atoms with E-state index in [1.165, 1.54) is 6.08 Å². The molecular weight excluding hydrogens is 204 g/mol. The van der Waals surface area contributed by atoms with Crippen molar-refractivity contribution in [2.24, 2.45) is 0 Å². The van der Waals surface area contributed by atoms with Gasteiger partial charge in [-0.2, -0.15) is 0 Å². The molecule has 1 unspecified atom stereocenters. The summed E-state index contributed by atoms with van der Waals surface area (Å²) in [6.07, 6.45) is 1.05. The monoisotopic (exact) mass is 218 g/mol. The number of amides is 1. The van der Waals surface area contributed by atoms with E-state index in [0.29, 0.717) is 6.54 Å². The summed E-state index contributed by atoms with van der Waals surface area (Å²) in [4.78, 5) is 11.0. The second-order valence-corrected chi connectivity index (χ2v) is 3.81. The summed E-state index contributed by atoms with van der Waals surface area (Å²) in [5.41, 5.74) is 2.57. The maximum atomic E-state index is 11.0. The van der Waals surface area contributed by atoms with Crippen LogP contribution in [-0.4, -0.2) is 17.6 Å². The molecule has 1 aromatic carbocycles. The number of benzene rings is 1. The van der Waals surface area contributed by atoms with Gasteiger partial charge in [0.2, 0.25) is 5.91 Å². The zero-order valence-electron chi connectivity index (χ0n) is 9.03. The molecule has 16 heavy (non-hydrogen) atoms. The lowest BCUT2D eigenvalue weighted by molar-refractivity contribution is -0.115. The van der Waals surface area contributed by atoms with E-state index < -0.39 is 6.10 Å². The number of anilines is 1. The molecule has 1 amide bonds. The maximum absolute atomic E-state index is 11.0. The van der Waals surface area contributed by atoms with Crippen LogP contribution in [0.4, 0.5) is 5.69 Å². The van der Waals surface area contributed by atoms with Crippen molar-refractivity contribution in [2.75, 3.05) is 11.9 Å². The molecule has 0 saturated carbocycles. The Balaban J connectivity index is 2.13. The highest BCUT2D eigenvalue weighted by Crippen LogP contribution is 2.18. The summed E-state index contributed by atoms with van der Waals surface area (Å²) >= 11 is 0. The first-order chi connectivity index (χ1) is 7.65. The third-order valence-electron chi connectivity index (χ3n) is 2.43. The van der Waals surface area contributed by atoms with Gasteiger partial charge in [-0.25, -0.2) is 0 Å². The number of rotatable bonds is 3. The smallest absolute Gasteiger partial charge is 0.246 e. The van der Waals surface area contributed by atoms with Gasteiger partial charge in [-0.3, -0.25) is 4.79 Å². The summed E-state index contributed by atoms with van der Waals surface area (Å²) in [6, 6.07) is 7.50. The standard InChI is InChI=1S/C12H14N2O2/c1-8(15)9-3-2-4-10(5-9)14-11-6-12(16)13-7-11/h2-6,8,14-15H,7H2,1H3,(H,13,16). The fourth-order valence-electron chi connectivity index (χ4n) is 1.58. The number of carbonyl (C=O) groups excluding carboxylic acids is 1. The van der Waals surface area contributed by atoms with Crippen LogP contribution in [0.2, 0.25) is 0 Å². The van der Waals surface area contributed by atoms with E-state index >= 15 is 0 Å². The molecule has 3 N–H and O–H groups in total. The summed E-state index contributed by atoms with van der Waals surface area (Å²) in [6.45, 7) is 2.25. The molecule has 0 radical (unpaired) electrons. The molecule has 4 nitrogen and oxygen atoms in total. The first kappa shape index (κ1) is 10.7. The van der Waals surface area contributed by atoms with Crippen molar-refractivity contribution in [1.82, 2.24) is 5.32 Å². The quantitative estimate of drug-likeness (QED) is 0.713. The minimum absolute atomic E-state index is 0.0748. The van der Waals surface area contributed by atoms with E-state index in [4.69, 9.17) is 0 Å². The maximum Gasteiger partial charge on any atom is 0.246 e. The largest absolute Gasteiger partial charge is 0.389 e. The van der Waals surface area contributed by atoms with Crippen molar-refractivity contribution in [1.29, 1.82) is 0 Å². The van der Waals surface area contributed by atoms with E-state index in [2.05, 4.69) is 10.6 Å². The Morgan fingerprint density at radius 2 is 2.31 bits per heavy atom. The van der Waals surface area contributed by atoms with E-state index in [1.807, 2.05) is 24.3 Å². The van der Waals surface area contributed by atoms with Crippen LogP contribution < -0.4 is 10.6 Å². The molecule has 4 heteroatoms. The molecular formula is C12H14N2O2. The Hall–Kier alpha value is -1.81. The van der Waals surface area contributed by atoms with Crippen LogP contribution in [0.25, 0.3) is 0 Å². The van der Waals surface area contributed by atoms with Gasteiger partial charge >= 0.3 is 0 Å². The van der Waals surface area contributed by atoms with Gasteiger partial charge in [0.05, 0.1) is 12.6 Å². The predicted molar refractivity (Wildman–Crippen MR) is 61.8 cm³/mol. The Morgan fingerprint density at radius 1 is 1.50 bits per heavy atom. The number of aliphatic hydroxyl groups excluding tert-OH is 1. The Labute approximate surface area is 94.0 Å². The lowest BCUT2D eigenvalue weighted by Crippen LogP contribution is -2.16. The highest BCUT2D eigenvalue weighted by Gasteiger charge is 2.10. The molecule has 0 saturated heterocycles. The lowest BCUT2D eigenvalue weighted by Gasteiger charge is -2.10. The molecule has 84 valence electrons. The average molecular weight is 218 g/mol. The molecule has 0 fully saturated rings. The molecule has 0 spiro atoms. The van der Waals surface area contributed by atoms with Crippen molar-refractivity contribution >= 4 is 11.6 Å². The van der Waals surface area contributed by atoms with Crippen molar-refractivity contribution < 1.29 is 9.90 Å². The van der Waals surface area contributed by atoms with Crippen LogP contribution in [0.15, 0.2) is 36.0 Å². The van der Waals surface area contributed by atoms with Gasteiger partial charge in [0.1, 0.15) is 0 Å². The van der Waals surface area contributed by atoms with Crippen LogP contribution in [-0.2, 0) is 4.79 Å². The molecule has 0 aromatic heterocycles. The molecule has 1 aliphatic rings. The van der Waals surface area contributed by atoms with E-state index in [1.54, 1.807) is 6.92 Å². The van der Waals surface area contributed by atoms with Gasteiger partial charge in [0, 0.05) is 17.5 Å². The van der Waals surface area contributed by atoms with Crippen molar-refractivity contribution in [3.63, 3.8) is 0 Å². The minimum atomic E-state index is -0.487. The molecule has 1 atom stereocenters. The predicted octanol–water partition coefficient (Wildman–Crippen LogP) is 1.17. The fourth-order valence-corrected chi connectivity index (χ4v) is 1.58. The van der Waals surface area contributed by atoms with Gasteiger partial charge in [-0.05, 0) is 24.6 Å². The van der Waals surface area contributed by atoms with Crippen molar-refractivity contribution in [3.8, 4) is 0 Å². The van der Waals surface area contributed by atoms with Crippen LogP contribution in [0.1, 0.15) is 18.6 Å². The van der Waals surface area contributed by atoms with E-state index in [0.717, 1.165) is 16.9 Å².